The summed E-state index contributed by atoms with van der Waals surface area (Å²) in [6.45, 7) is 8.97. The maximum Gasteiger partial charge on any atom is 0.161 e. The molecule has 0 aliphatic carbocycles. The number of hydrogen-bond acceptors (Lipinski definition) is 5. The third kappa shape index (κ3) is 3.88. The van der Waals surface area contributed by atoms with E-state index in [-0.39, 0.29) is 0 Å². The largest absolute Gasteiger partial charge is 0.493 e. The van der Waals surface area contributed by atoms with Crippen molar-refractivity contribution in [1.82, 2.24) is 10.1 Å². The standard InChI is InChI=1S/C21H30N2O3/c1-5-12-25-19-10-9-16(13-20(19)24-4)14-23-11-7-8-17(23)21-15(3)22-26-18(21)6-2/h9-10,13,17H,5-8,11-12,14H2,1-4H3. The lowest BCUT2D eigenvalue weighted by molar-refractivity contribution is 0.244. The molecule has 0 spiro atoms. The lowest BCUT2D eigenvalue weighted by Gasteiger charge is -2.25. The lowest BCUT2D eigenvalue weighted by atomic mass is 10.0. The first-order valence-corrected chi connectivity index (χ1v) is 9.66. The van der Waals surface area contributed by atoms with Gasteiger partial charge in [-0.3, -0.25) is 4.90 Å². The van der Waals surface area contributed by atoms with Gasteiger partial charge in [-0.2, -0.15) is 0 Å². The van der Waals surface area contributed by atoms with Gasteiger partial charge in [0.05, 0.1) is 19.4 Å². The minimum atomic E-state index is 0.387. The molecule has 0 N–H and O–H groups in total. The van der Waals surface area contributed by atoms with Crippen molar-refractivity contribution in [3.63, 3.8) is 0 Å². The van der Waals surface area contributed by atoms with Gasteiger partial charge in [0.25, 0.3) is 0 Å². The molecule has 1 unspecified atom stereocenters. The molecule has 0 amide bonds. The van der Waals surface area contributed by atoms with Crippen LogP contribution in [0.3, 0.4) is 0 Å². The van der Waals surface area contributed by atoms with Crippen LogP contribution in [0, 0.1) is 6.92 Å². The van der Waals surface area contributed by atoms with Crippen LogP contribution in [0.1, 0.15) is 61.7 Å². The predicted octanol–water partition coefficient (Wildman–Crippen LogP) is 4.68. The SMILES string of the molecule is CCCOc1ccc(CN2CCCC2c2c(C)noc2CC)cc1OC. The van der Waals surface area contributed by atoms with Crippen molar-refractivity contribution in [2.75, 3.05) is 20.3 Å². The number of likely N-dealkylation sites (tertiary alicyclic amines) is 1. The Balaban J connectivity index is 1.78. The van der Waals surface area contributed by atoms with E-state index in [2.05, 4.69) is 43.0 Å². The minimum absolute atomic E-state index is 0.387. The Morgan fingerprint density at radius 2 is 2.12 bits per heavy atom. The summed E-state index contributed by atoms with van der Waals surface area (Å²) in [5.74, 6) is 2.65. The van der Waals surface area contributed by atoms with Crippen molar-refractivity contribution in [3.05, 3.63) is 40.8 Å². The predicted molar refractivity (Wildman–Crippen MR) is 102 cm³/mol. The van der Waals surface area contributed by atoms with Crippen LogP contribution in [0.2, 0.25) is 0 Å². The second-order valence-corrected chi connectivity index (χ2v) is 6.92. The van der Waals surface area contributed by atoms with Gasteiger partial charge in [-0.1, -0.05) is 25.1 Å². The molecular weight excluding hydrogens is 328 g/mol. The zero-order valence-electron chi connectivity index (χ0n) is 16.4. The van der Waals surface area contributed by atoms with Crippen LogP contribution >= 0.6 is 0 Å². The van der Waals surface area contributed by atoms with Gasteiger partial charge in [-0.15, -0.1) is 0 Å². The Morgan fingerprint density at radius 3 is 2.85 bits per heavy atom. The van der Waals surface area contributed by atoms with E-state index in [0.717, 1.165) is 55.3 Å². The van der Waals surface area contributed by atoms with Crippen LogP contribution in [-0.4, -0.2) is 30.3 Å². The average molecular weight is 358 g/mol. The molecule has 26 heavy (non-hydrogen) atoms. The van der Waals surface area contributed by atoms with Gasteiger partial charge in [-0.05, 0) is 50.4 Å². The highest BCUT2D eigenvalue weighted by molar-refractivity contribution is 5.43. The molecule has 1 aromatic heterocycles. The van der Waals surface area contributed by atoms with E-state index in [0.29, 0.717) is 12.6 Å². The lowest BCUT2D eigenvalue weighted by Crippen LogP contribution is -2.23. The van der Waals surface area contributed by atoms with Crippen LogP contribution in [0.4, 0.5) is 0 Å². The summed E-state index contributed by atoms with van der Waals surface area (Å²) in [5.41, 5.74) is 3.56. The van der Waals surface area contributed by atoms with E-state index >= 15 is 0 Å². The molecule has 0 bridgehead atoms. The molecule has 1 aliphatic heterocycles. The molecule has 142 valence electrons. The normalized spacial score (nSPS) is 17.6. The van der Waals surface area contributed by atoms with Crippen LogP contribution in [0.15, 0.2) is 22.7 Å². The summed E-state index contributed by atoms with van der Waals surface area (Å²) < 4.78 is 16.8. The van der Waals surface area contributed by atoms with Crippen molar-refractivity contribution < 1.29 is 14.0 Å². The molecule has 1 aliphatic rings. The Morgan fingerprint density at radius 1 is 1.27 bits per heavy atom. The summed E-state index contributed by atoms with van der Waals surface area (Å²) in [4.78, 5) is 2.53. The molecule has 2 heterocycles. The number of hydrogen-bond donors (Lipinski definition) is 0. The number of methoxy groups -OCH3 is 1. The van der Waals surface area contributed by atoms with Gasteiger partial charge < -0.3 is 14.0 Å². The van der Waals surface area contributed by atoms with Crippen LogP contribution in [0.5, 0.6) is 11.5 Å². The van der Waals surface area contributed by atoms with Gasteiger partial charge in [0.1, 0.15) is 5.76 Å². The molecule has 1 aromatic carbocycles. The van der Waals surface area contributed by atoms with Crippen molar-refractivity contribution in [2.24, 2.45) is 0 Å². The van der Waals surface area contributed by atoms with Gasteiger partial charge >= 0.3 is 0 Å². The van der Waals surface area contributed by atoms with Crippen molar-refractivity contribution in [2.45, 2.75) is 59.0 Å². The highest BCUT2D eigenvalue weighted by atomic mass is 16.5. The first-order valence-electron chi connectivity index (χ1n) is 9.66. The van der Waals surface area contributed by atoms with Gasteiger partial charge in [-0.25, -0.2) is 0 Å². The van der Waals surface area contributed by atoms with E-state index in [4.69, 9.17) is 14.0 Å². The van der Waals surface area contributed by atoms with E-state index < -0.39 is 0 Å². The fourth-order valence-corrected chi connectivity index (χ4v) is 3.82. The molecule has 1 fully saturated rings. The van der Waals surface area contributed by atoms with Crippen molar-refractivity contribution in [3.8, 4) is 11.5 Å². The third-order valence-electron chi connectivity index (χ3n) is 5.08. The van der Waals surface area contributed by atoms with Crippen LogP contribution in [-0.2, 0) is 13.0 Å². The van der Waals surface area contributed by atoms with Crippen LogP contribution in [0.25, 0.3) is 0 Å². The zero-order chi connectivity index (χ0) is 18.5. The van der Waals surface area contributed by atoms with Gasteiger partial charge in [0.2, 0.25) is 0 Å². The average Bonchev–Trinajstić information content (AvgIpc) is 3.25. The second-order valence-electron chi connectivity index (χ2n) is 6.92. The summed E-state index contributed by atoms with van der Waals surface area (Å²) >= 11 is 0. The first-order chi connectivity index (χ1) is 12.7. The number of aromatic nitrogens is 1. The third-order valence-corrected chi connectivity index (χ3v) is 5.08. The molecule has 3 rings (SSSR count). The van der Waals surface area contributed by atoms with E-state index in [1.807, 2.05) is 6.07 Å². The molecule has 2 aromatic rings. The fraction of sp³-hybridized carbons (Fsp3) is 0.571. The molecule has 0 radical (unpaired) electrons. The van der Waals surface area contributed by atoms with Crippen molar-refractivity contribution in [1.29, 1.82) is 0 Å². The summed E-state index contributed by atoms with van der Waals surface area (Å²) in [7, 11) is 1.70. The number of rotatable bonds is 8. The smallest absolute Gasteiger partial charge is 0.161 e. The van der Waals surface area contributed by atoms with E-state index in [9.17, 15) is 0 Å². The summed E-state index contributed by atoms with van der Waals surface area (Å²) in [5, 5.41) is 4.20. The Labute approximate surface area is 156 Å². The Kier molecular flexibility index (Phi) is 6.20. The summed E-state index contributed by atoms with van der Waals surface area (Å²) in [6, 6.07) is 6.65. The van der Waals surface area contributed by atoms with Crippen LogP contribution < -0.4 is 9.47 Å². The highest BCUT2D eigenvalue weighted by Crippen LogP contribution is 2.37. The van der Waals surface area contributed by atoms with Gasteiger partial charge in [0, 0.05) is 24.6 Å². The Hall–Kier alpha value is -2.01. The fourth-order valence-electron chi connectivity index (χ4n) is 3.82. The molecule has 5 heteroatoms. The molecule has 5 nitrogen and oxygen atoms in total. The number of aryl methyl sites for hydroxylation is 2. The minimum Gasteiger partial charge on any atom is -0.493 e. The molecule has 0 saturated carbocycles. The van der Waals surface area contributed by atoms with Crippen molar-refractivity contribution >= 4 is 0 Å². The highest BCUT2D eigenvalue weighted by Gasteiger charge is 2.31. The van der Waals surface area contributed by atoms with E-state index in [1.165, 1.54) is 17.5 Å². The summed E-state index contributed by atoms with van der Waals surface area (Å²) in [6.07, 6.45) is 4.23. The zero-order valence-corrected chi connectivity index (χ0v) is 16.4. The van der Waals surface area contributed by atoms with E-state index in [1.54, 1.807) is 7.11 Å². The number of ether oxygens (including phenoxy) is 2. The quantitative estimate of drug-likeness (QED) is 0.686. The second kappa shape index (κ2) is 8.58. The topological polar surface area (TPSA) is 47.7 Å². The molecule has 1 atom stereocenters. The number of benzene rings is 1. The number of nitrogens with zero attached hydrogens (tertiary/aromatic N) is 2. The molecule has 1 saturated heterocycles. The monoisotopic (exact) mass is 358 g/mol. The first kappa shape index (κ1) is 18.8. The Bertz CT molecular complexity index is 726. The maximum absolute atomic E-state index is 5.77. The molecular formula is C21H30N2O3. The van der Waals surface area contributed by atoms with Gasteiger partial charge in [0.15, 0.2) is 11.5 Å². The maximum atomic E-state index is 5.77.